The second-order valence-corrected chi connectivity index (χ2v) is 7.42. The minimum atomic E-state index is -3.64. The molecule has 20 heavy (non-hydrogen) atoms. The number of nitrogens with two attached hydrogens (primary N) is 1. The molecule has 1 heterocycles. The first-order valence-electron chi connectivity index (χ1n) is 6.25. The third kappa shape index (κ3) is 3.14. The van der Waals surface area contributed by atoms with Crippen LogP contribution in [0.15, 0.2) is 23.1 Å². The Bertz CT molecular complexity index is 594. The largest absolute Gasteiger partial charge is 0.330 e. The van der Waals surface area contributed by atoms with Crippen molar-refractivity contribution >= 4 is 22.4 Å². The highest BCUT2D eigenvalue weighted by Crippen LogP contribution is 2.33. The molecular weight excluding hydrogens is 303 g/mol. The Morgan fingerprint density at radius 2 is 2.10 bits per heavy atom. The first kappa shape index (κ1) is 17.4. The van der Waals surface area contributed by atoms with Gasteiger partial charge in [-0.1, -0.05) is 13.0 Å². The van der Waals surface area contributed by atoms with Crippen molar-refractivity contribution in [2.45, 2.75) is 25.2 Å². The molecule has 1 aromatic rings. The second kappa shape index (κ2) is 5.97. The van der Waals surface area contributed by atoms with E-state index in [2.05, 4.69) is 0 Å². The number of benzene rings is 1. The predicted octanol–water partition coefficient (Wildman–Crippen LogP) is 1.92. The number of sulfonamides is 1. The molecular formula is C13H20ClFN2O2S. The summed E-state index contributed by atoms with van der Waals surface area (Å²) in [4.78, 5) is 0.0498. The number of hydrogen-bond donors (Lipinski definition) is 1. The highest BCUT2D eigenvalue weighted by Gasteiger charge is 2.39. The van der Waals surface area contributed by atoms with E-state index in [0.29, 0.717) is 25.2 Å². The monoisotopic (exact) mass is 322 g/mol. The molecule has 1 unspecified atom stereocenters. The molecule has 1 saturated heterocycles. The van der Waals surface area contributed by atoms with Crippen molar-refractivity contribution in [2.75, 3.05) is 19.6 Å². The van der Waals surface area contributed by atoms with Crippen LogP contribution in [0.4, 0.5) is 4.39 Å². The first-order chi connectivity index (χ1) is 8.78. The normalized spacial score (nSPS) is 23.6. The quantitative estimate of drug-likeness (QED) is 0.924. The van der Waals surface area contributed by atoms with Crippen LogP contribution in [0.25, 0.3) is 0 Å². The number of rotatable bonds is 3. The molecule has 0 bridgehead atoms. The van der Waals surface area contributed by atoms with Crippen LogP contribution in [0, 0.1) is 18.2 Å². The molecule has 1 atom stereocenters. The minimum Gasteiger partial charge on any atom is -0.330 e. The maximum absolute atomic E-state index is 13.3. The van der Waals surface area contributed by atoms with Crippen LogP contribution in [-0.4, -0.2) is 32.4 Å². The Morgan fingerprint density at radius 3 is 2.65 bits per heavy atom. The molecule has 0 aromatic heterocycles. The van der Waals surface area contributed by atoms with Gasteiger partial charge in [-0.25, -0.2) is 12.8 Å². The van der Waals surface area contributed by atoms with Gasteiger partial charge in [0.25, 0.3) is 0 Å². The Balaban J connectivity index is 0.00000200. The lowest BCUT2D eigenvalue weighted by atomic mass is 9.90. The molecule has 0 radical (unpaired) electrons. The standard InChI is InChI=1S/C13H19FN2O2S.ClH/c1-10-3-4-11(14)7-12(10)19(17,18)16-6-5-13(2,8-15)9-16;/h3-4,7H,5-6,8-9,15H2,1-2H3;1H. The van der Waals surface area contributed by atoms with Crippen LogP contribution in [0.1, 0.15) is 18.9 Å². The van der Waals surface area contributed by atoms with E-state index in [9.17, 15) is 12.8 Å². The molecule has 1 aliphatic rings. The number of hydrogen-bond acceptors (Lipinski definition) is 3. The van der Waals surface area contributed by atoms with Gasteiger partial charge < -0.3 is 5.73 Å². The summed E-state index contributed by atoms with van der Waals surface area (Å²) in [5.74, 6) is -0.537. The van der Waals surface area contributed by atoms with Gasteiger partial charge in [0.1, 0.15) is 5.82 Å². The summed E-state index contributed by atoms with van der Waals surface area (Å²) in [6, 6.07) is 3.84. The van der Waals surface area contributed by atoms with Crippen molar-refractivity contribution in [2.24, 2.45) is 11.1 Å². The van der Waals surface area contributed by atoms with Gasteiger partial charge in [-0.15, -0.1) is 12.4 Å². The van der Waals surface area contributed by atoms with Gasteiger partial charge in [0, 0.05) is 13.1 Å². The highest BCUT2D eigenvalue weighted by molar-refractivity contribution is 7.89. The summed E-state index contributed by atoms with van der Waals surface area (Å²) in [7, 11) is -3.64. The maximum Gasteiger partial charge on any atom is 0.243 e. The van der Waals surface area contributed by atoms with Crippen molar-refractivity contribution in [1.29, 1.82) is 0 Å². The molecule has 114 valence electrons. The number of halogens is 2. The second-order valence-electron chi connectivity index (χ2n) is 5.51. The van der Waals surface area contributed by atoms with Gasteiger partial charge >= 0.3 is 0 Å². The number of nitrogens with zero attached hydrogens (tertiary/aromatic N) is 1. The van der Waals surface area contributed by atoms with E-state index in [1.165, 1.54) is 16.4 Å². The van der Waals surface area contributed by atoms with Crippen molar-refractivity contribution in [1.82, 2.24) is 4.31 Å². The molecule has 4 nitrogen and oxygen atoms in total. The molecule has 2 N–H and O–H groups in total. The molecule has 7 heteroatoms. The Kier molecular flexibility index (Phi) is 5.18. The summed E-state index contributed by atoms with van der Waals surface area (Å²) >= 11 is 0. The summed E-state index contributed by atoms with van der Waals surface area (Å²) in [6.45, 7) is 4.92. The molecule has 2 rings (SSSR count). The average molecular weight is 323 g/mol. The summed E-state index contributed by atoms with van der Waals surface area (Å²) in [5.41, 5.74) is 6.06. The molecule has 1 aliphatic heterocycles. The Labute approximate surface area is 125 Å². The van der Waals surface area contributed by atoms with Crippen LogP contribution < -0.4 is 5.73 Å². The topological polar surface area (TPSA) is 63.4 Å². The van der Waals surface area contributed by atoms with E-state index in [0.717, 1.165) is 12.5 Å². The van der Waals surface area contributed by atoms with E-state index in [1.54, 1.807) is 6.92 Å². The third-order valence-electron chi connectivity index (χ3n) is 3.78. The van der Waals surface area contributed by atoms with Gasteiger partial charge in [-0.3, -0.25) is 0 Å². The molecule has 1 fully saturated rings. The summed E-state index contributed by atoms with van der Waals surface area (Å²) in [5, 5.41) is 0. The average Bonchev–Trinajstić information content (AvgIpc) is 2.76. The smallest absolute Gasteiger partial charge is 0.243 e. The van der Waals surface area contributed by atoms with Crippen LogP contribution in [0.3, 0.4) is 0 Å². The maximum atomic E-state index is 13.3. The van der Waals surface area contributed by atoms with Crippen molar-refractivity contribution in [3.8, 4) is 0 Å². The van der Waals surface area contributed by atoms with Crippen LogP contribution in [-0.2, 0) is 10.0 Å². The molecule has 0 spiro atoms. The van der Waals surface area contributed by atoms with Crippen molar-refractivity contribution < 1.29 is 12.8 Å². The fourth-order valence-electron chi connectivity index (χ4n) is 2.34. The van der Waals surface area contributed by atoms with Crippen LogP contribution in [0.5, 0.6) is 0 Å². The zero-order valence-corrected chi connectivity index (χ0v) is 13.2. The highest BCUT2D eigenvalue weighted by atomic mass is 35.5. The van der Waals surface area contributed by atoms with E-state index in [-0.39, 0.29) is 22.7 Å². The zero-order chi connectivity index (χ0) is 14.3. The summed E-state index contributed by atoms with van der Waals surface area (Å²) < 4.78 is 39.7. The van der Waals surface area contributed by atoms with Crippen LogP contribution in [0.2, 0.25) is 0 Å². The fraction of sp³-hybridized carbons (Fsp3) is 0.538. The third-order valence-corrected chi connectivity index (χ3v) is 5.77. The van der Waals surface area contributed by atoms with Gasteiger partial charge in [0.2, 0.25) is 10.0 Å². The lowest BCUT2D eigenvalue weighted by Crippen LogP contribution is -2.34. The number of aryl methyl sites for hydroxylation is 1. The van der Waals surface area contributed by atoms with E-state index < -0.39 is 15.8 Å². The molecule has 0 saturated carbocycles. The SMILES string of the molecule is Cc1ccc(F)cc1S(=O)(=O)N1CCC(C)(CN)C1.Cl. The fourth-order valence-corrected chi connectivity index (χ4v) is 4.17. The Morgan fingerprint density at radius 1 is 1.45 bits per heavy atom. The van der Waals surface area contributed by atoms with Crippen molar-refractivity contribution in [3.63, 3.8) is 0 Å². The van der Waals surface area contributed by atoms with Crippen molar-refractivity contribution in [3.05, 3.63) is 29.6 Å². The molecule has 0 amide bonds. The Hall–Kier alpha value is -0.690. The van der Waals surface area contributed by atoms with E-state index in [4.69, 9.17) is 5.73 Å². The van der Waals surface area contributed by atoms with Gasteiger partial charge in [0.15, 0.2) is 0 Å². The van der Waals surface area contributed by atoms with Gasteiger partial charge in [-0.2, -0.15) is 4.31 Å². The zero-order valence-electron chi connectivity index (χ0n) is 11.6. The summed E-state index contributed by atoms with van der Waals surface area (Å²) in [6.07, 6.45) is 0.733. The lowest BCUT2D eigenvalue weighted by Gasteiger charge is -2.23. The van der Waals surface area contributed by atoms with E-state index >= 15 is 0 Å². The molecule has 1 aromatic carbocycles. The van der Waals surface area contributed by atoms with E-state index in [1.807, 2.05) is 6.92 Å². The first-order valence-corrected chi connectivity index (χ1v) is 7.69. The predicted molar refractivity (Wildman–Crippen MR) is 78.9 cm³/mol. The van der Waals surface area contributed by atoms with Gasteiger partial charge in [0.05, 0.1) is 4.90 Å². The molecule has 0 aliphatic carbocycles. The minimum absolute atomic E-state index is 0. The van der Waals surface area contributed by atoms with Gasteiger partial charge in [-0.05, 0) is 43.0 Å². The lowest BCUT2D eigenvalue weighted by molar-refractivity contribution is 0.349. The van der Waals surface area contributed by atoms with Crippen LogP contribution >= 0.6 is 12.4 Å².